The lowest BCUT2D eigenvalue weighted by Gasteiger charge is -2.40. The number of benzene rings is 1. The maximum atomic E-state index is 13.1. The van der Waals surface area contributed by atoms with Crippen molar-refractivity contribution in [2.24, 2.45) is 0 Å². The summed E-state index contributed by atoms with van der Waals surface area (Å²) in [7, 11) is -3.48. The first-order valence-electron chi connectivity index (χ1n) is 10.4. The normalized spacial score (nSPS) is 25.1. The molecule has 0 aromatic heterocycles. The molecular formula is C21H34N3O3S+. The van der Waals surface area contributed by atoms with Crippen molar-refractivity contribution in [1.29, 1.82) is 0 Å². The second-order valence-electron chi connectivity index (χ2n) is 8.53. The second kappa shape index (κ2) is 8.51. The lowest BCUT2D eigenvalue weighted by Crippen LogP contribution is -3.16. The fourth-order valence-corrected chi connectivity index (χ4v) is 6.31. The number of piperazine rings is 1. The van der Waals surface area contributed by atoms with Crippen molar-refractivity contribution in [1.82, 2.24) is 9.21 Å². The Morgan fingerprint density at radius 2 is 1.71 bits per heavy atom. The number of carbonyl (C=O) groups excluding carboxylic acids is 1. The van der Waals surface area contributed by atoms with E-state index in [1.807, 2.05) is 26.0 Å². The van der Waals surface area contributed by atoms with Crippen LogP contribution in [0, 0.1) is 13.8 Å². The number of aryl methyl sites for hydroxylation is 2. The number of quaternary nitrogens is 1. The molecule has 0 bridgehead atoms. The second-order valence-corrected chi connectivity index (χ2v) is 10.4. The van der Waals surface area contributed by atoms with Gasteiger partial charge in [0.15, 0.2) is 6.54 Å². The van der Waals surface area contributed by atoms with Crippen LogP contribution < -0.4 is 4.90 Å². The van der Waals surface area contributed by atoms with E-state index in [1.165, 1.54) is 11.3 Å². The summed E-state index contributed by atoms with van der Waals surface area (Å²) in [6.07, 6.45) is 3.34. The third kappa shape index (κ3) is 4.42. The summed E-state index contributed by atoms with van der Waals surface area (Å²) < 4.78 is 27.7. The van der Waals surface area contributed by atoms with Crippen molar-refractivity contribution in [2.75, 3.05) is 32.7 Å². The molecule has 156 valence electrons. The number of nitrogens with one attached hydrogen (secondary N) is 1. The predicted octanol–water partition coefficient (Wildman–Crippen LogP) is 0.982. The summed E-state index contributed by atoms with van der Waals surface area (Å²) in [5.74, 6) is 0.209. The number of nitrogens with zero attached hydrogens (tertiary/aromatic N) is 2. The van der Waals surface area contributed by atoms with Crippen LogP contribution in [-0.4, -0.2) is 68.3 Å². The molecule has 2 aliphatic heterocycles. The molecule has 1 aromatic rings. The van der Waals surface area contributed by atoms with Crippen LogP contribution in [-0.2, 0) is 14.8 Å². The summed E-state index contributed by atoms with van der Waals surface area (Å²) in [4.78, 5) is 16.5. The number of hydrogen-bond donors (Lipinski definition) is 1. The summed E-state index contributed by atoms with van der Waals surface area (Å²) in [6, 6.07) is 6.17. The third-order valence-electron chi connectivity index (χ3n) is 6.27. The Hall–Kier alpha value is -1.44. The van der Waals surface area contributed by atoms with Gasteiger partial charge in [-0.15, -0.1) is 0 Å². The summed E-state index contributed by atoms with van der Waals surface area (Å²) in [6.45, 7) is 10.8. The van der Waals surface area contributed by atoms with Gasteiger partial charge in [-0.05, 0) is 64.2 Å². The molecule has 1 aromatic carbocycles. The fourth-order valence-electron chi connectivity index (χ4n) is 4.56. The monoisotopic (exact) mass is 408 g/mol. The van der Waals surface area contributed by atoms with E-state index in [-0.39, 0.29) is 5.91 Å². The highest BCUT2D eigenvalue weighted by atomic mass is 32.2. The molecule has 2 saturated heterocycles. The highest BCUT2D eigenvalue weighted by Gasteiger charge is 2.35. The van der Waals surface area contributed by atoms with Gasteiger partial charge in [-0.2, -0.15) is 4.31 Å². The molecule has 1 amide bonds. The van der Waals surface area contributed by atoms with Crippen molar-refractivity contribution in [2.45, 2.75) is 63.9 Å². The van der Waals surface area contributed by atoms with E-state index in [2.05, 4.69) is 18.7 Å². The van der Waals surface area contributed by atoms with E-state index in [0.717, 1.165) is 24.0 Å². The predicted molar refractivity (Wildman–Crippen MR) is 110 cm³/mol. The number of sulfonamides is 1. The molecule has 0 spiro atoms. The van der Waals surface area contributed by atoms with Crippen molar-refractivity contribution < 1.29 is 18.1 Å². The topological polar surface area (TPSA) is 62.1 Å². The Labute approximate surface area is 169 Å². The molecule has 7 heteroatoms. The third-order valence-corrected chi connectivity index (χ3v) is 8.31. The van der Waals surface area contributed by atoms with E-state index in [1.54, 1.807) is 10.4 Å². The molecule has 2 atom stereocenters. The quantitative estimate of drug-likeness (QED) is 0.808. The van der Waals surface area contributed by atoms with Crippen LogP contribution in [0.4, 0.5) is 0 Å². The molecule has 6 nitrogen and oxygen atoms in total. The number of likely N-dealkylation sites (tertiary alicyclic amines) is 1. The van der Waals surface area contributed by atoms with E-state index in [4.69, 9.17) is 0 Å². The Morgan fingerprint density at radius 1 is 1.11 bits per heavy atom. The zero-order valence-electron chi connectivity index (χ0n) is 17.6. The lowest BCUT2D eigenvalue weighted by atomic mass is 9.97. The minimum Gasteiger partial charge on any atom is -0.332 e. The van der Waals surface area contributed by atoms with Gasteiger partial charge >= 0.3 is 0 Å². The molecule has 2 fully saturated rings. The number of carbonyl (C=O) groups is 1. The molecular weight excluding hydrogens is 374 g/mol. The highest BCUT2D eigenvalue weighted by Crippen LogP contribution is 2.23. The van der Waals surface area contributed by atoms with Crippen LogP contribution in [0.3, 0.4) is 0 Å². The fraction of sp³-hybridized carbons (Fsp3) is 0.667. The molecule has 2 aliphatic rings. The van der Waals surface area contributed by atoms with Crippen LogP contribution in [0.1, 0.15) is 44.2 Å². The van der Waals surface area contributed by atoms with Crippen molar-refractivity contribution in [3.63, 3.8) is 0 Å². The minimum atomic E-state index is -3.48. The first kappa shape index (κ1) is 21.3. The molecule has 0 unspecified atom stereocenters. The Balaban J connectivity index is 1.61. The van der Waals surface area contributed by atoms with Crippen molar-refractivity contribution >= 4 is 15.9 Å². The van der Waals surface area contributed by atoms with Crippen LogP contribution in [0.25, 0.3) is 0 Å². The van der Waals surface area contributed by atoms with Crippen LogP contribution in [0.5, 0.6) is 0 Å². The van der Waals surface area contributed by atoms with Gasteiger partial charge in [0.1, 0.15) is 0 Å². The molecule has 28 heavy (non-hydrogen) atoms. The largest absolute Gasteiger partial charge is 0.332 e. The van der Waals surface area contributed by atoms with Crippen LogP contribution >= 0.6 is 0 Å². The number of amides is 1. The highest BCUT2D eigenvalue weighted by molar-refractivity contribution is 7.89. The first-order chi connectivity index (χ1) is 13.2. The molecule has 0 radical (unpaired) electrons. The zero-order valence-corrected chi connectivity index (χ0v) is 18.4. The van der Waals surface area contributed by atoms with Gasteiger partial charge in [0.25, 0.3) is 5.91 Å². The van der Waals surface area contributed by atoms with Gasteiger partial charge in [-0.25, -0.2) is 8.42 Å². The Morgan fingerprint density at radius 3 is 2.32 bits per heavy atom. The summed E-state index contributed by atoms with van der Waals surface area (Å²) >= 11 is 0. The van der Waals surface area contributed by atoms with E-state index >= 15 is 0 Å². The maximum Gasteiger partial charge on any atom is 0.278 e. The number of piperidine rings is 1. The Kier molecular flexibility index (Phi) is 6.47. The molecule has 0 saturated carbocycles. The van der Waals surface area contributed by atoms with E-state index < -0.39 is 10.0 Å². The van der Waals surface area contributed by atoms with Gasteiger partial charge < -0.3 is 9.80 Å². The van der Waals surface area contributed by atoms with E-state index in [9.17, 15) is 13.2 Å². The first-order valence-corrected chi connectivity index (χ1v) is 11.9. The van der Waals surface area contributed by atoms with Crippen LogP contribution in [0.15, 0.2) is 23.1 Å². The standard InChI is InChI=1S/C21H33N3O3S/c1-16-8-9-17(2)20(14-16)28(26,27)23-12-10-22(11-13-23)15-21(25)24-18(3)6-5-7-19(24)4/h8-9,14,18-19H,5-7,10-13,15H2,1-4H3/p+1/t18-,19-/m0/s1. The number of rotatable bonds is 4. The maximum absolute atomic E-state index is 13.1. The van der Waals surface area contributed by atoms with Gasteiger partial charge in [0.05, 0.1) is 31.1 Å². The van der Waals surface area contributed by atoms with Gasteiger partial charge in [-0.1, -0.05) is 12.1 Å². The lowest BCUT2D eigenvalue weighted by molar-refractivity contribution is -0.896. The zero-order chi connectivity index (χ0) is 20.5. The average molecular weight is 409 g/mol. The summed E-state index contributed by atoms with van der Waals surface area (Å²) in [5.41, 5.74) is 1.73. The SMILES string of the molecule is Cc1ccc(C)c(S(=O)(=O)N2CC[NH+](CC(=O)N3[C@@H](C)CCC[C@@H]3C)CC2)c1. The number of hydrogen-bond acceptors (Lipinski definition) is 3. The van der Waals surface area contributed by atoms with Crippen molar-refractivity contribution in [3.8, 4) is 0 Å². The van der Waals surface area contributed by atoms with Crippen molar-refractivity contribution in [3.05, 3.63) is 29.3 Å². The summed E-state index contributed by atoms with van der Waals surface area (Å²) in [5, 5.41) is 0. The van der Waals surface area contributed by atoms with Crippen LogP contribution in [0.2, 0.25) is 0 Å². The Bertz CT molecular complexity index is 806. The smallest absolute Gasteiger partial charge is 0.278 e. The van der Waals surface area contributed by atoms with Gasteiger partial charge in [-0.3, -0.25) is 4.79 Å². The molecule has 1 N–H and O–H groups in total. The molecule has 0 aliphatic carbocycles. The average Bonchev–Trinajstić information content (AvgIpc) is 2.64. The minimum absolute atomic E-state index is 0.209. The van der Waals surface area contributed by atoms with Gasteiger partial charge in [0.2, 0.25) is 10.0 Å². The molecule has 3 rings (SSSR count). The van der Waals surface area contributed by atoms with Gasteiger partial charge in [0, 0.05) is 12.1 Å². The van der Waals surface area contributed by atoms with E-state index in [0.29, 0.717) is 49.7 Å². The molecule has 2 heterocycles.